The third-order valence-corrected chi connectivity index (χ3v) is 14.2. The molecular weight excluding hydrogens is 912 g/mol. The van der Waals surface area contributed by atoms with E-state index in [0.29, 0.717) is 72.4 Å². The van der Waals surface area contributed by atoms with Gasteiger partial charge >= 0.3 is 6.18 Å². The molecule has 5 heterocycles. The standard InChI is InChI=1S/C50H58F3N9O8/c1-28(30-19-31(50(51,52)53)21-32(54)20-30)55-45-38-23-42(41(68-4)24-39(38)56-29(2)57-45)69-27-49(13-14-49)26-59(3)44(64)25-60-15-9-34(10-16-60)70-35-11-17-61(18-12-35)33-5-6-36-37(22-33)48(67)62(47(36)66)40-7-8-43(63)58-46(40)65/h5-6,19-24,28,34-35,40H,7-18,25-27,54H2,1-4H3,(H,55,56,57)(H,58,63,65)/t28-,40?/m1/s1. The highest BCUT2D eigenvalue weighted by Crippen LogP contribution is 2.47. The molecule has 0 spiro atoms. The molecule has 1 saturated carbocycles. The van der Waals surface area contributed by atoms with Gasteiger partial charge < -0.3 is 35.1 Å². The second-order valence-electron chi connectivity index (χ2n) is 19.4. The largest absolute Gasteiger partial charge is 0.493 e. The number of ether oxygens (including phenoxy) is 3. The first-order valence-electron chi connectivity index (χ1n) is 23.8. The van der Waals surface area contributed by atoms with Crippen LogP contribution >= 0.6 is 0 Å². The Morgan fingerprint density at radius 2 is 1.63 bits per heavy atom. The number of likely N-dealkylation sites (N-methyl/N-ethyl adjacent to an activating group) is 1. The van der Waals surface area contributed by atoms with Crippen molar-refractivity contribution in [2.75, 3.05) is 76.0 Å². The molecule has 0 radical (unpaired) electrons. The molecule has 5 aliphatic rings. The van der Waals surface area contributed by atoms with Crippen molar-refractivity contribution in [3.63, 3.8) is 0 Å². The summed E-state index contributed by atoms with van der Waals surface area (Å²) < 4.78 is 59.5. The van der Waals surface area contributed by atoms with Crippen molar-refractivity contribution in [3.05, 3.63) is 76.6 Å². The summed E-state index contributed by atoms with van der Waals surface area (Å²) in [6.07, 6.45) is 0.764. The lowest BCUT2D eigenvalue weighted by atomic mass is 10.0. The summed E-state index contributed by atoms with van der Waals surface area (Å²) >= 11 is 0. The molecule has 2 atom stereocenters. The van der Waals surface area contributed by atoms with Crippen molar-refractivity contribution in [3.8, 4) is 11.5 Å². The number of benzene rings is 3. The van der Waals surface area contributed by atoms with Crippen molar-refractivity contribution in [1.82, 2.24) is 30.0 Å². The van der Waals surface area contributed by atoms with Crippen LogP contribution in [0.15, 0.2) is 48.5 Å². The van der Waals surface area contributed by atoms with E-state index in [-0.39, 0.29) is 53.2 Å². The number of nitrogens with zero attached hydrogens (tertiary/aromatic N) is 6. The van der Waals surface area contributed by atoms with Gasteiger partial charge in [-0.3, -0.25) is 39.1 Å². The van der Waals surface area contributed by atoms with Crippen LogP contribution in [-0.4, -0.2) is 132 Å². The van der Waals surface area contributed by atoms with Crippen molar-refractivity contribution in [2.24, 2.45) is 5.41 Å². The Kier molecular flexibility index (Phi) is 13.4. The first kappa shape index (κ1) is 48.5. The van der Waals surface area contributed by atoms with E-state index in [0.717, 1.165) is 74.3 Å². The van der Waals surface area contributed by atoms with Gasteiger partial charge in [0.1, 0.15) is 17.7 Å². The first-order valence-corrected chi connectivity index (χ1v) is 23.8. The summed E-state index contributed by atoms with van der Waals surface area (Å²) in [6, 6.07) is 10.6. The van der Waals surface area contributed by atoms with Gasteiger partial charge in [-0.15, -0.1) is 0 Å². The molecule has 1 aromatic heterocycles. The number of likely N-dealkylation sites (tertiary alicyclic amines) is 1. The maximum absolute atomic E-state index is 13.6. The van der Waals surface area contributed by atoms with E-state index >= 15 is 0 Å². The molecule has 9 rings (SSSR count). The van der Waals surface area contributed by atoms with Crippen LogP contribution < -0.4 is 30.7 Å². The van der Waals surface area contributed by atoms with Crippen LogP contribution in [0.4, 0.5) is 30.4 Å². The fourth-order valence-corrected chi connectivity index (χ4v) is 10.1. The number of nitrogens with two attached hydrogens (primary N) is 1. The lowest BCUT2D eigenvalue weighted by Crippen LogP contribution is -2.54. The van der Waals surface area contributed by atoms with Gasteiger partial charge in [0.15, 0.2) is 11.5 Å². The number of rotatable bonds is 15. The lowest BCUT2D eigenvalue weighted by Gasteiger charge is -2.38. The molecule has 4 N–H and O–H groups in total. The molecule has 0 bridgehead atoms. The molecule has 5 amide bonds. The number of carbonyl (C=O) groups excluding carboxylic acids is 5. The number of piperidine rings is 3. The second-order valence-corrected chi connectivity index (χ2v) is 19.4. The number of aryl methyl sites for hydroxylation is 1. The minimum Gasteiger partial charge on any atom is -0.493 e. The quantitative estimate of drug-likeness (QED) is 0.0941. The first-order chi connectivity index (χ1) is 33.4. The Hall–Kier alpha value is -6.54. The van der Waals surface area contributed by atoms with E-state index in [1.807, 2.05) is 13.1 Å². The topological polar surface area (TPSA) is 202 Å². The second kappa shape index (κ2) is 19.3. The molecule has 1 aliphatic carbocycles. The Balaban J connectivity index is 0.733. The maximum atomic E-state index is 13.6. The van der Waals surface area contributed by atoms with Crippen LogP contribution in [0.2, 0.25) is 0 Å². The average Bonchev–Trinajstić information content (AvgIpc) is 4.05. The van der Waals surface area contributed by atoms with E-state index in [1.54, 1.807) is 43.0 Å². The summed E-state index contributed by atoms with van der Waals surface area (Å²) in [7, 11) is 3.37. The van der Waals surface area contributed by atoms with Crippen LogP contribution in [0.25, 0.3) is 10.9 Å². The number of hydrogen-bond donors (Lipinski definition) is 3. The average molecular weight is 970 g/mol. The molecule has 3 aromatic carbocycles. The summed E-state index contributed by atoms with van der Waals surface area (Å²) in [4.78, 5) is 80.5. The van der Waals surface area contributed by atoms with Crippen LogP contribution in [0.3, 0.4) is 0 Å². The molecule has 17 nitrogen and oxygen atoms in total. The Bertz CT molecular complexity index is 2720. The summed E-state index contributed by atoms with van der Waals surface area (Å²) in [5, 5.41) is 6.08. The van der Waals surface area contributed by atoms with Crippen LogP contribution in [-0.2, 0) is 25.3 Å². The predicted octanol–water partition coefficient (Wildman–Crippen LogP) is 5.89. The fourth-order valence-electron chi connectivity index (χ4n) is 10.1. The highest BCUT2D eigenvalue weighted by molar-refractivity contribution is 6.23. The number of methoxy groups -OCH3 is 1. The number of halogens is 3. The number of aromatic nitrogens is 2. The highest BCUT2D eigenvalue weighted by Gasteiger charge is 2.46. The summed E-state index contributed by atoms with van der Waals surface area (Å²) in [5.74, 6) is -0.277. The van der Waals surface area contributed by atoms with Gasteiger partial charge in [-0.05, 0) is 107 Å². The van der Waals surface area contributed by atoms with E-state index in [4.69, 9.17) is 19.9 Å². The van der Waals surface area contributed by atoms with Crippen molar-refractivity contribution in [1.29, 1.82) is 0 Å². The minimum atomic E-state index is -4.55. The monoisotopic (exact) mass is 969 g/mol. The number of hydrogen-bond acceptors (Lipinski definition) is 14. The zero-order valence-corrected chi connectivity index (χ0v) is 39.7. The Morgan fingerprint density at radius 1 is 0.929 bits per heavy atom. The van der Waals surface area contributed by atoms with E-state index in [9.17, 15) is 37.1 Å². The molecular formula is C50H58F3N9O8. The number of imide groups is 2. The smallest absolute Gasteiger partial charge is 0.416 e. The summed E-state index contributed by atoms with van der Waals surface area (Å²) in [5.41, 5.74) is 7.05. The molecule has 4 aromatic rings. The number of carbonyl (C=O) groups is 5. The van der Waals surface area contributed by atoms with Gasteiger partial charge in [0.2, 0.25) is 17.7 Å². The van der Waals surface area contributed by atoms with Gasteiger partial charge in [0.05, 0.1) is 60.7 Å². The van der Waals surface area contributed by atoms with Gasteiger partial charge in [-0.2, -0.15) is 13.2 Å². The molecule has 4 fully saturated rings. The van der Waals surface area contributed by atoms with Gasteiger partial charge in [0, 0.05) is 74.4 Å². The van der Waals surface area contributed by atoms with Crippen molar-refractivity contribution in [2.45, 2.75) is 95.7 Å². The molecule has 1 unspecified atom stereocenters. The SMILES string of the molecule is COc1cc2nc(C)nc(N[C@H](C)c3cc(N)cc(C(F)(F)F)c3)c2cc1OCC1(CN(C)C(=O)CN2CCC(OC3CCN(c4ccc5c(c4)C(=O)N(C4CCC(=O)NC4=O)C5=O)CC3)CC2)CC1. The van der Waals surface area contributed by atoms with Gasteiger partial charge in [0.25, 0.3) is 11.8 Å². The minimum absolute atomic E-state index is 0.00330. The number of alkyl halides is 3. The molecule has 3 saturated heterocycles. The summed E-state index contributed by atoms with van der Waals surface area (Å²) in [6.45, 7) is 7.52. The fraction of sp³-hybridized carbons (Fsp3) is 0.500. The number of anilines is 3. The zero-order valence-electron chi connectivity index (χ0n) is 39.7. The van der Waals surface area contributed by atoms with Crippen LogP contribution in [0, 0.1) is 12.3 Å². The number of nitrogen functional groups attached to an aromatic ring is 1. The highest BCUT2D eigenvalue weighted by atomic mass is 19.4. The van der Waals surface area contributed by atoms with Gasteiger partial charge in [-0.1, -0.05) is 0 Å². The van der Waals surface area contributed by atoms with Crippen LogP contribution in [0.5, 0.6) is 11.5 Å². The zero-order chi connectivity index (χ0) is 49.6. The number of fused-ring (bicyclic) bond motifs is 2. The van der Waals surface area contributed by atoms with E-state index < -0.39 is 47.5 Å². The molecule has 372 valence electrons. The van der Waals surface area contributed by atoms with E-state index in [2.05, 4.69) is 30.4 Å². The molecule has 4 aliphatic heterocycles. The predicted molar refractivity (Wildman–Crippen MR) is 252 cm³/mol. The Labute approximate surface area is 403 Å². The number of nitrogens with one attached hydrogen (secondary N) is 2. The normalized spacial score (nSPS) is 20.4. The third-order valence-electron chi connectivity index (χ3n) is 14.2. The van der Waals surface area contributed by atoms with Crippen molar-refractivity contribution >= 4 is 57.6 Å². The van der Waals surface area contributed by atoms with E-state index in [1.165, 1.54) is 13.2 Å². The number of amides is 5. The maximum Gasteiger partial charge on any atom is 0.416 e. The lowest BCUT2D eigenvalue weighted by molar-refractivity contribution is -0.138. The third kappa shape index (κ3) is 10.3. The van der Waals surface area contributed by atoms with Crippen LogP contribution in [0.1, 0.15) is 102 Å². The van der Waals surface area contributed by atoms with Crippen molar-refractivity contribution < 1.29 is 51.4 Å². The Morgan fingerprint density at radius 3 is 2.30 bits per heavy atom. The molecule has 20 heteroatoms. The molecule has 70 heavy (non-hydrogen) atoms. The van der Waals surface area contributed by atoms with Gasteiger partial charge in [-0.25, -0.2) is 9.97 Å².